The van der Waals surface area contributed by atoms with Gasteiger partial charge in [0.05, 0.1) is 20.7 Å². The molecule has 0 bridgehead atoms. The van der Waals surface area contributed by atoms with Crippen molar-refractivity contribution in [2.75, 3.05) is 18.4 Å². The molecule has 3 aromatic carbocycles. The number of carbonyl (C=O) groups is 1. The highest BCUT2D eigenvalue weighted by Crippen LogP contribution is 2.32. The van der Waals surface area contributed by atoms with E-state index in [9.17, 15) is 18.5 Å². The number of piperidine rings is 1. The van der Waals surface area contributed by atoms with Crippen molar-refractivity contribution in [3.05, 3.63) is 66.2 Å². The maximum Gasteiger partial charge on any atom is 0.244 e. The smallest absolute Gasteiger partial charge is 0.244 e. The first-order valence-corrected chi connectivity index (χ1v) is 12.8. The van der Waals surface area contributed by atoms with Gasteiger partial charge in [0, 0.05) is 24.4 Å². The van der Waals surface area contributed by atoms with Crippen LogP contribution in [0.1, 0.15) is 18.4 Å². The highest BCUT2D eigenvalue weighted by atomic mass is 32.2. The number of nitriles is 1. The number of nitrogens with zero attached hydrogens (tertiary/aromatic N) is 3. The molecule has 0 radical (unpaired) electrons. The first kappa shape index (κ1) is 21.5. The molecule has 33 heavy (non-hydrogen) atoms. The van der Waals surface area contributed by atoms with Gasteiger partial charge in [-0.3, -0.25) is 4.79 Å². The van der Waals surface area contributed by atoms with Crippen LogP contribution in [0.4, 0.5) is 5.13 Å². The Morgan fingerprint density at radius 3 is 2.58 bits per heavy atom. The standard InChI is InChI=1S/C24H20N4O3S2/c25-15-18-6-2-4-8-21(18)33(30,31)28-13-11-17(12-14-28)23(29)27-24-26-22-19-7-3-1-5-16(19)9-10-20(22)32-24/h1-10,17H,11-14H2,(H,26,27,29). The maximum absolute atomic E-state index is 13.0. The molecule has 1 aliphatic heterocycles. The van der Waals surface area contributed by atoms with Crippen molar-refractivity contribution in [3.8, 4) is 6.07 Å². The fraction of sp³-hybridized carbons (Fsp3) is 0.208. The SMILES string of the molecule is N#Cc1ccccc1S(=O)(=O)N1CCC(C(=O)Nc2nc3c(ccc4ccccc43)s2)CC1. The molecule has 0 spiro atoms. The lowest BCUT2D eigenvalue weighted by molar-refractivity contribution is -0.120. The van der Waals surface area contributed by atoms with Crippen molar-refractivity contribution in [2.24, 2.45) is 5.92 Å². The number of anilines is 1. The molecule has 1 N–H and O–H groups in total. The van der Waals surface area contributed by atoms with Gasteiger partial charge in [0.15, 0.2) is 5.13 Å². The Labute approximate surface area is 195 Å². The fourth-order valence-electron chi connectivity index (χ4n) is 4.20. The minimum atomic E-state index is -3.78. The van der Waals surface area contributed by atoms with Gasteiger partial charge in [-0.05, 0) is 36.4 Å². The van der Waals surface area contributed by atoms with E-state index in [1.165, 1.54) is 27.8 Å². The Bertz CT molecular complexity index is 1510. The lowest BCUT2D eigenvalue weighted by Gasteiger charge is -2.30. The van der Waals surface area contributed by atoms with Crippen LogP contribution in [0.3, 0.4) is 0 Å². The molecule has 166 valence electrons. The third kappa shape index (κ3) is 3.97. The minimum absolute atomic E-state index is 0.0112. The van der Waals surface area contributed by atoms with Gasteiger partial charge in [-0.25, -0.2) is 13.4 Å². The number of hydrogen-bond acceptors (Lipinski definition) is 6. The number of carbonyl (C=O) groups excluding carboxylic acids is 1. The van der Waals surface area contributed by atoms with Crippen LogP contribution in [0.2, 0.25) is 0 Å². The number of fused-ring (bicyclic) bond motifs is 3. The molecule has 1 fully saturated rings. The van der Waals surface area contributed by atoms with E-state index < -0.39 is 10.0 Å². The van der Waals surface area contributed by atoms with Gasteiger partial charge in [0.2, 0.25) is 15.9 Å². The van der Waals surface area contributed by atoms with Gasteiger partial charge in [-0.2, -0.15) is 9.57 Å². The second-order valence-corrected chi connectivity index (χ2v) is 10.9. The summed E-state index contributed by atoms with van der Waals surface area (Å²) in [6, 6.07) is 20.2. The van der Waals surface area contributed by atoms with Crippen LogP contribution in [0.25, 0.3) is 21.0 Å². The Hall–Kier alpha value is -3.32. The van der Waals surface area contributed by atoms with E-state index in [-0.39, 0.29) is 35.4 Å². The number of rotatable bonds is 4. The maximum atomic E-state index is 13.0. The molecule has 1 aliphatic rings. The van der Waals surface area contributed by atoms with Gasteiger partial charge < -0.3 is 5.32 Å². The van der Waals surface area contributed by atoms with E-state index in [0.29, 0.717) is 18.0 Å². The molecule has 4 aromatic rings. The first-order chi connectivity index (χ1) is 16.0. The third-order valence-electron chi connectivity index (χ3n) is 5.96. The van der Waals surface area contributed by atoms with Crippen LogP contribution in [0, 0.1) is 17.2 Å². The summed E-state index contributed by atoms with van der Waals surface area (Å²) >= 11 is 1.43. The molecule has 0 aliphatic carbocycles. The van der Waals surface area contributed by atoms with E-state index >= 15 is 0 Å². The van der Waals surface area contributed by atoms with E-state index in [2.05, 4.69) is 10.3 Å². The summed E-state index contributed by atoms with van der Waals surface area (Å²) in [6.07, 6.45) is 0.821. The van der Waals surface area contributed by atoms with E-state index in [4.69, 9.17) is 0 Å². The minimum Gasteiger partial charge on any atom is -0.302 e. The van der Waals surface area contributed by atoms with Crippen LogP contribution in [-0.2, 0) is 14.8 Å². The predicted octanol–water partition coefficient (Wildman–Crippen LogP) is 4.36. The van der Waals surface area contributed by atoms with Crippen molar-refractivity contribution in [1.82, 2.24) is 9.29 Å². The molecule has 1 aromatic heterocycles. The van der Waals surface area contributed by atoms with Crippen molar-refractivity contribution >= 4 is 53.4 Å². The average molecular weight is 477 g/mol. The lowest BCUT2D eigenvalue weighted by atomic mass is 9.97. The topological polar surface area (TPSA) is 103 Å². The third-order valence-corrected chi connectivity index (χ3v) is 8.86. The summed E-state index contributed by atoms with van der Waals surface area (Å²) in [5.74, 6) is -0.445. The number of aromatic nitrogens is 1. The van der Waals surface area contributed by atoms with Gasteiger partial charge in [0.25, 0.3) is 0 Å². The van der Waals surface area contributed by atoms with Gasteiger partial charge >= 0.3 is 0 Å². The largest absolute Gasteiger partial charge is 0.302 e. The van der Waals surface area contributed by atoms with Crippen LogP contribution in [0.5, 0.6) is 0 Å². The summed E-state index contributed by atoms with van der Waals surface area (Å²) in [6.45, 7) is 0.454. The normalized spacial score (nSPS) is 15.5. The quantitative estimate of drug-likeness (QED) is 0.471. The number of benzene rings is 3. The van der Waals surface area contributed by atoms with E-state index in [1.54, 1.807) is 12.1 Å². The Morgan fingerprint density at radius 2 is 1.79 bits per heavy atom. The number of sulfonamides is 1. The Morgan fingerprint density at radius 1 is 1.06 bits per heavy atom. The highest BCUT2D eigenvalue weighted by molar-refractivity contribution is 7.89. The summed E-state index contributed by atoms with van der Waals surface area (Å²) in [5, 5.41) is 14.9. The average Bonchev–Trinajstić information content (AvgIpc) is 3.27. The first-order valence-electron chi connectivity index (χ1n) is 10.6. The van der Waals surface area contributed by atoms with Crippen LogP contribution >= 0.6 is 11.3 Å². The molecule has 2 heterocycles. The molecule has 5 rings (SSSR count). The number of amides is 1. The number of hydrogen-bond donors (Lipinski definition) is 1. The Kier molecular flexibility index (Phi) is 5.58. The summed E-state index contributed by atoms with van der Waals surface area (Å²) in [7, 11) is -3.78. The predicted molar refractivity (Wildman–Crippen MR) is 128 cm³/mol. The summed E-state index contributed by atoms with van der Waals surface area (Å²) in [5.41, 5.74) is 0.992. The molecule has 0 unspecified atom stereocenters. The zero-order valence-corrected chi connectivity index (χ0v) is 19.2. The molecule has 9 heteroatoms. The molecule has 0 saturated carbocycles. The van der Waals surface area contributed by atoms with E-state index in [0.717, 1.165) is 21.0 Å². The van der Waals surface area contributed by atoms with Crippen molar-refractivity contribution < 1.29 is 13.2 Å². The van der Waals surface area contributed by atoms with Crippen molar-refractivity contribution in [3.63, 3.8) is 0 Å². The number of nitrogens with one attached hydrogen (secondary N) is 1. The number of thiazole rings is 1. The van der Waals surface area contributed by atoms with Gasteiger partial charge in [-0.15, -0.1) is 0 Å². The Balaban J connectivity index is 1.28. The summed E-state index contributed by atoms with van der Waals surface area (Å²) < 4.78 is 28.4. The zero-order valence-electron chi connectivity index (χ0n) is 17.6. The van der Waals surface area contributed by atoms with E-state index in [1.807, 2.05) is 42.5 Å². The van der Waals surface area contributed by atoms with Crippen molar-refractivity contribution in [1.29, 1.82) is 5.26 Å². The summed E-state index contributed by atoms with van der Waals surface area (Å²) in [4.78, 5) is 17.5. The fourth-order valence-corrected chi connectivity index (χ4v) is 6.70. The molecular formula is C24H20N4O3S2. The lowest BCUT2D eigenvalue weighted by Crippen LogP contribution is -2.41. The molecule has 7 nitrogen and oxygen atoms in total. The van der Waals surface area contributed by atoms with Gasteiger partial charge in [0.1, 0.15) is 6.07 Å². The molecule has 1 amide bonds. The van der Waals surface area contributed by atoms with Gasteiger partial charge in [-0.1, -0.05) is 53.8 Å². The second-order valence-electron chi connectivity index (χ2n) is 7.93. The zero-order chi connectivity index (χ0) is 23.0. The molecule has 1 saturated heterocycles. The van der Waals surface area contributed by atoms with Crippen LogP contribution in [0.15, 0.2) is 65.6 Å². The monoisotopic (exact) mass is 476 g/mol. The van der Waals surface area contributed by atoms with Crippen LogP contribution < -0.4 is 5.32 Å². The molecular weight excluding hydrogens is 456 g/mol. The molecule has 0 atom stereocenters. The van der Waals surface area contributed by atoms with Crippen molar-refractivity contribution in [2.45, 2.75) is 17.7 Å². The second kappa shape index (κ2) is 8.56. The van der Waals surface area contributed by atoms with Crippen LogP contribution in [-0.4, -0.2) is 36.7 Å². The highest BCUT2D eigenvalue weighted by Gasteiger charge is 2.33.